The molecule has 1 saturated heterocycles. The molecule has 0 radical (unpaired) electrons. The number of rotatable bonds is 17. The van der Waals surface area contributed by atoms with Crippen LogP contribution in [0, 0.1) is 0 Å². The highest BCUT2D eigenvalue weighted by Crippen LogP contribution is 2.15. The predicted octanol–water partition coefficient (Wildman–Crippen LogP) is 4.86. The van der Waals surface area contributed by atoms with Crippen LogP contribution in [0.4, 0.5) is 5.95 Å². The van der Waals surface area contributed by atoms with E-state index in [1.807, 2.05) is 12.4 Å². The van der Waals surface area contributed by atoms with Gasteiger partial charge in [-0.15, -0.1) is 0 Å². The normalized spacial score (nSPS) is 16.1. The molecule has 1 fully saturated rings. The molecule has 2 rings (SSSR count). The van der Waals surface area contributed by atoms with Gasteiger partial charge in [0.2, 0.25) is 5.95 Å². The predicted molar refractivity (Wildman–Crippen MR) is 136 cm³/mol. The number of ether oxygens (including phenoxy) is 1. The van der Waals surface area contributed by atoms with Crippen molar-refractivity contribution in [2.24, 2.45) is 0 Å². The SMILES string of the molecule is CCCCCCCC(C)NCCCOCCCN1CCN(c2ncc(C(C)C)cn2)CC1. The van der Waals surface area contributed by atoms with Crippen molar-refractivity contribution in [2.45, 2.75) is 91.0 Å². The van der Waals surface area contributed by atoms with Crippen LogP contribution in [0.3, 0.4) is 0 Å². The van der Waals surface area contributed by atoms with E-state index in [-0.39, 0.29) is 0 Å². The minimum atomic E-state index is 0.480. The number of nitrogens with one attached hydrogen (secondary N) is 1. The number of nitrogens with zero attached hydrogens (tertiary/aromatic N) is 4. The molecule has 184 valence electrons. The Morgan fingerprint density at radius 2 is 1.59 bits per heavy atom. The fourth-order valence-electron chi connectivity index (χ4n) is 4.14. The molecular formula is C26H49N5O. The van der Waals surface area contributed by atoms with Gasteiger partial charge in [0.05, 0.1) is 0 Å². The highest BCUT2D eigenvalue weighted by molar-refractivity contribution is 5.31. The Balaban J connectivity index is 1.42. The van der Waals surface area contributed by atoms with Crippen LogP contribution in [0.15, 0.2) is 12.4 Å². The van der Waals surface area contributed by atoms with Crippen molar-refractivity contribution in [3.05, 3.63) is 18.0 Å². The number of hydrogen-bond donors (Lipinski definition) is 1. The fraction of sp³-hybridized carbons (Fsp3) is 0.846. The summed E-state index contributed by atoms with van der Waals surface area (Å²) in [7, 11) is 0. The molecule has 1 aliphatic rings. The van der Waals surface area contributed by atoms with Crippen molar-refractivity contribution in [1.29, 1.82) is 0 Å². The van der Waals surface area contributed by atoms with Crippen molar-refractivity contribution >= 4 is 5.95 Å². The molecule has 1 unspecified atom stereocenters. The summed E-state index contributed by atoms with van der Waals surface area (Å²) in [6.45, 7) is 17.0. The van der Waals surface area contributed by atoms with E-state index in [9.17, 15) is 0 Å². The van der Waals surface area contributed by atoms with Gasteiger partial charge in [-0.2, -0.15) is 0 Å². The van der Waals surface area contributed by atoms with Crippen LogP contribution in [-0.4, -0.2) is 73.4 Å². The van der Waals surface area contributed by atoms with Crippen molar-refractivity contribution in [1.82, 2.24) is 20.2 Å². The molecule has 1 aliphatic heterocycles. The van der Waals surface area contributed by atoms with Gasteiger partial charge in [0.15, 0.2) is 0 Å². The summed E-state index contributed by atoms with van der Waals surface area (Å²) in [5.41, 5.74) is 1.20. The third kappa shape index (κ3) is 11.1. The van der Waals surface area contributed by atoms with E-state index in [2.05, 4.69) is 52.8 Å². The molecule has 2 heterocycles. The van der Waals surface area contributed by atoms with Gasteiger partial charge in [-0.05, 0) is 44.2 Å². The largest absolute Gasteiger partial charge is 0.381 e. The standard InChI is InChI=1S/C26H49N5O/c1-5-6-7-8-9-12-24(4)27-13-10-19-32-20-11-14-30-15-17-31(18-16-30)26-28-21-25(22-29-26)23(2)3/h21-24,27H,5-20H2,1-4H3. The zero-order valence-corrected chi connectivity index (χ0v) is 21.3. The molecule has 0 amide bonds. The zero-order valence-electron chi connectivity index (χ0n) is 21.3. The molecule has 0 aliphatic carbocycles. The Morgan fingerprint density at radius 1 is 0.906 bits per heavy atom. The van der Waals surface area contributed by atoms with Crippen molar-refractivity contribution in [3.63, 3.8) is 0 Å². The first-order valence-corrected chi connectivity index (χ1v) is 13.2. The Hall–Kier alpha value is -1.24. The summed E-state index contributed by atoms with van der Waals surface area (Å²) in [6, 6.07) is 0.633. The topological polar surface area (TPSA) is 53.5 Å². The molecule has 1 aromatic rings. The van der Waals surface area contributed by atoms with Gasteiger partial charge in [0.1, 0.15) is 0 Å². The first-order valence-electron chi connectivity index (χ1n) is 13.2. The second-order valence-electron chi connectivity index (χ2n) is 9.68. The lowest BCUT2D eigenvalue weighted by molar-refractivity contribution is 0.117. The van der Waals surface area contributed by atoms with Gasteiger partial charge < -0.3 is 15.0 Å². The van der Waals surface area contributed by atoms with E-state index in [1.165, 1.54) is 44.1 Å². The van der Waals surface area contributed by atoms with Gasteiger partial charge in [0.25, 0.3) is 0 Å². The van der Waals surface area contributed by atoms with E-state index in [1.54, 1.807) is 0 Å². The molecule has 1 atom stereocenters. The van der Waals surface area contributed by atoms with Crippen LogP contribution in [0.25, 0.3) is 0 Å². The molecule has 1 aromatic heterocycles. The minimum Gasteiger partial charge on any atom is -0.381 e. The lowest BCUT2D eigenvalue weighted by Gasteiger charge is -2.34. The third-order valence-electron chi connectivity index (χ3n) is 6.44. The fourth-order valence-corrected chi connectivity index (χ4v) is 4.14. The van der Waals surface area contributed by atoms with Gasteiger partial charge in [-0.25, -0.2) is 9.97 Å². The van der Waals surface area contributed by atoms with Crippen LogP contribution < -0.4 is 10.2 Å². The average Bonchev–Trinajstić information content (AvgIpc) is 2.81. The second kappa shape index (κ2) is 16.4. The van der Waals surface area contributed by atoms with Gasteiger partial charge >= 0.3 is 0 Å². The summed E-state index contributed by atoms with van der Waals surface area (Å²) in [5, 5.41) is 3.64. The van der Waals surface area contributed by atoms with Gasteiger partial charge in [0, 0.05) is 64.4 Å². The summed E-state index contributed by atoms with van der Waals surface area (Å²) in [5.74, 6) is 1.35. The molecule has 0 bridgehead atoms. The average molecular weight is 448 g/mol. The molecule has 0 aromatic carbocycles. The van der Waals surface area contributed by atoms with Crippen LogP contribution in [0.2, 0.25) is 0 Å². The van der Waals surface area contributed by atoms with Gasteiger partial charge in [-0.3, -0.25) is 4.90 Å². The van der Waals surface area contributed by atoms with E-state index < -0.39 is 0 Å². The smallest absolute Gasteiger partial charge is 0.225 e. The van der Waals surface area contributed by atoms with E-state index in [0.717, 1.165) is 71.3 Å². The number of unbranched alkanes of at least 4 members (excludes halogenated alkanes) is 4. The number of anilines is 1. The third-order valence-corrected chi connectivity index (χ3v) is 6.44. The Bertz CT molecular complexity index is 572. The summed E-state index contributed by atoms with van der Waals surface area (Å²) in [4.78, 5) is 14.0. The molecule has 6 heteroatoms. The van der Waals surface area contributed by atoms with E-state index in [0.29, 0.717) is 12.0 Å². The maximum atomic E-state index is 5.86. The maximum absolute atomic E-state index is 5.86. The highest BCUT2D eigenvalue weighted by atomic mass is 16.5. The Labute approximate surface area is 197 Å². The maximum Gasteiger partial charge on any atom is 0.225 e. The highest BCUT2D eigenvalue weighted by Gasteiger charge is 2.18. The molecule has 0 spiro atoms. The minimum absolute atomic E-state index is 0.480. The van der Waals surface area contributed by atoms with Gasteiger partial charge in [-0.1, -0.05) is 52.9 Å². The van der Waals surface area contributed by atoms with Crippen molar-refractivity contribution in [3.8, 4) is 0 Å². The van der Waals surface area contributed by atoms with Crippen LogP contribution >= 0.6 is 0 Å². The summed E-state index contributed by atoms with van der Waals surface area (Å²) in [6.07, 6.45) is 14.3. The molecule has 32 heavy (non-hydrogen) atoms. The molecule has 1 N–H and O–H groups in total. The summed E-state index contributed by atoms with van der Waals surface area (Å²) < 4.78 is 5.86. The van der Waals surface area contributed by atoms with Crippen LogP contribution in [-0.2, 0) is 4.74 Å². The quantitative estimate of drug-likeness (QED) is 0.344. The van der Waals surface area contributed by atoms with Crippen LogP contribution in [0.1, 0.15) is 90.5 Å². The number of piperazine rings is 1. The zero-order chi connectivity index (χ0) is 23.0. The van der Waals surface area contributed by atoms with Crippen LogP contribution in [0.5, 0.6) is 0 Å². The Kier molecular flexibility index (Phi) is 13.8. The first-order chi connectivity index (χ1) is 15.6. The van der Waals surface area contributed by atoms with Crippen molar-refractivity contribution < 1.29 is 4.74 Å². The lowest BCUT2D eigenvalue weighted by atomic mass is 10.1. The van der Waals surface area contributed by atoms with E-state index >= 15 is 0 Å². The monoisotopic (exact) mass is 447 g/mol. The lowest BCUT2D eigenvalue weighted by Crippen LogP contribution is -2.47. The molecular weight excluding hydrogens is 398 g/mol. The Morgan fingerprint density at radius 3 is 2.28 bits per heavy atom. The molecule has 0 saturated carbocycles. The van der Waals surface area contributed by atoms with E-state index in [4.69, 9.17) is 4.74 Å². The van der Waals surface area contributed by atoms with Crippen molar-refractivity contribution in [2.75, 3.05) is 57.4 Å². The first kappa shape index (κ1) is 27.0. The molecule has 6 nitrogen and oxygen atoms in total. The number of aromatic nitrogens is 2. The summed E-state index contributed by atoms with van der Waals surface area (Å²) >= 11 is 0. The second-order valence-corrected chi connectivity index (χ2v) is 9.68. The number of hydrogen-bond acceptors (Lipinski definition) is 6.